The van der Waals surface area contributed by atoms with E-state index < -0.39 is 0 Å². The third-order valence-electron chi connectivity index (χ3n) is 3.66. The fourth-order valence-electron chi connectivity index (χ4n) is 2.51. The third kappa shape index (κ3) is 3.90. The Kier molecular flexibility index (Phi) is 6.89. The van der Waals surface area contributed by atoms with Crippen LogP contribution in [-0.2, 0) is 6.42 Å². The molecule has 2 aromatic rings. The quantitative estimate of drug-likeness (QED) is 0.840. The van der Waals surface area contributed by atoms with E-state index in [-0.39, 0.29) is 12.4 Å². The van der Waals surface area contributed by atoms with Crippen molar-refractivity contribution < 1.29 is 4.74 Å². The molecular weight excluding hydrogens is 272 g/mol. The van der Waals surface area contributed by atoms with Gasteiger partial charge < -0.3 is 14.6 Å². The van der Waals surface area contributed by atoms with Crippen LogP contribution < -0.4 is 4.74 Å². The average Bonchev–Trinajstić information content (AvgIpc) is 2.85. The Bertz CT molecular complexity index is 524. The van der Waals surface area contributed by atoms with Gasteiger partial charge >= 0.3 is 0 Å². The second-order valence-electron chi connectivity index (χ2n) is 4.91. The van der Waals surface area contributed by atoms with Crippen LogP contribution in [0.4, 0.5) is 0 Å². The summed E-state index contributed by atoms with van der Waals surface area (Å²) in [5.41, 5.74) is 2.57. The van der Waals surface area contributed by atoms with Crippen LogP contribution in [0, 0.1) is 0 Å². The molecule has 1 aromatic carbocycles. The number of rotatable bonds is 7. The number of fused-ring (bicyclic) bond motifs is 1. The molecule has 1 heterocycles. The lowest BCUT2D eigenvalue weighted by molar-refractivity contribution is 0.293. The summed E-state index contributed by atoms with van der Waals surface area (Å²) in [5.74, 6) is 0.925. The minimum absolute atomic E-state index is 0. The molecule has 0 unspecified atom stereocenters. The maximum Gasteiger partial charge on any atom is 0.119 e. The SMILES string of the molecule is CCCN(CC)CCc1c[nH]c2ccc(OC)cc12.Cl. The van der Waals surface area contributed by atoms with E-state index in [1.165, 1.54) is 29.4 Å². The number of aromatic amines is 1. The monoisotopic (exact) mass is 296 g/mol. The van der Waals surface area contributed by atoms with Crippen molar-refractivity contribution in [1.29, 1.82) is 0 Å². The van der Waals surface area contributed by atoms with Crippen LogP contribution in [0.5, 0.6) is 5.75 Å². The van der Waals surface area contributed by atoms with Crippen LogP contribution in [0.1, 0.15) is 25.8 Å². The lowest BCUT2D eigenvalue weighted by Crippen LogP contribution is -2.26. The van der Waals surface area contributed by atoms with E-state index in [4.69, 9.17) is 4.74 Å². The number of benzene rings is 1. The van der Waals surface area contributed by atoms with Crippen LogP contribution in [0.3, 0.4) is 0 Å². The zero-order valence-corrected chi connectivity index (χ0v) is 13.4. The highest BCUT2D eigenvalue weighted by molar-refractivity contribution is 5.85. The van der Waals surface area contributed by atoms with Gasteiger partial charge in [0.15, 0.2) is 0 Å². The smallest absolute Gasteiger partial charge is 0.119 e. The van der Waals surface area contributed by atoms with Crippen LogP contribution in [0.2, 0.25) is 0 Å². The summed E-state index contributed by atoms with van der Waals surface area (Å²) in [7, 11) is 1.72. The molecule has 0 saturated heterocycles. The highest BCUT2D eigenvalue weighted by Gasteiger charge is 2.07. The Labute approximate surface area is 127 Å². The van der Waals surface area contributed by atoms with E-state index in [0.717, 1.165) is 25.3 Å². The topological polar surface area (TPSA) is 28.3 Å². The van der Waals surface area contributed by atoms with Gasteiger partial charge in [0.2, 0.25) is 0 Å². The maximum atomic E-state index is 5.31. The number of likely N-dealkylation sites (N-methyl/N-ethyl adjacent to an activating group) is 1. The molecule has 0 amide bonds. The number of methoxy groups -OCH3 is 1. The molecule has 0 bridgehead atoms. The Hall–Kier alpha value is -1.19. The highest BCUT2D eigenvalue weighted by Crippen LogP contribution is 2.24. The summed E-state index contributed by atoms with van der Waals surface area (Å²) in [6.45, 7) is 7.89. The molecule has 0 atom stereocenters. The molecule has 20 heavy (non-hydrogen) atoms. The summed E-state index contributed by atoms with van der Waals surface area (Å²) in [4.78, 5) is 5.84. The number of nitrogens with zero attached hydrogens (tertiary/aromatic N) is 1. The molecular formula is C16H25ClN2O. The lowest BCUT2D eigenvalue weighted by Gasteiger charge is -2.19. The van der Waals surface area contributed by atoms with E-state index in [9.17, 15) is 0 Å². The average molecular weight is 297 g/mol. The molecule has 0 spiro atoms. The number of hydrogen-bond acceptors (Lipinski definition) is 2. The Morgan fingerprint density at radius 3 is 2.65 bits per heavy atom. The van der Waals surface area contributed by atoms with Crippen molar-refractivity contribution in [3.8, 4) is 5.75 Å². The minimum atomic E-state index is 0. The number of nitrogens with one attached hydrogen (secondary N) is 1. The van der Waals surface area contributed by atoms with Gasteiger partial charge in [-0.25, -0.2) is 0 Å². The van der Waals surface area contributed by atoms with Gasteiger partial charge in [-0.2, -0.15) is 0 Å². The Morgan fingerprint density at radius 1 is 1.20 bits per heavy atom. The van der Waals surface area contributed by atoms with Crippen LogP contribution in [0.15, 0.2) is 24.4 Å². The van der Waals surface area contributed by atoms with Gasteiger partial charge in [-0.1, -0.05) is 13.8 Å². The van der Waals surface area contributed by atoms with Gasteiger partial charge in [0, 0.05) is 23.6 Å². The van der Waals surface area contributed by atoms with Crippen molar-refractivity contribution in [2.75, 3.05) is 26.7 Å². The standard InChI is InChI=1S/C16H24N2O.ClH/c1-4-9-18(5-2)10-8-13-12-17-16-7-6-14(19-3)11-15(13)16;/h6-7,11-12,17H,4-5,8-10H2,1-3H3;1H. The molecule has 0 saturated carbocycles. The molecule has 112 valence electrons. The summed E-state index contributed by atoms with van der Waals surface area (Å²) >= 11 is 0. The van der Waals surface area contributed by atoms with Crippen LogP contribution >= 0.6 is 12.4 Å². The second-order valence-corrected chi connectivity index (χ2v) is 4.91. The molecule has 0 aliphatic carbocycles. The third-order valence-corrected chi connectivity index (χ3v) is 3.66. The maximum absolute atomic E-state index is 5.31. The number of H-pyrrole nitrogens is 1. The van der Waals surface area contributed by atoms with Crippen LogP contribution in [-0.4, -0.2) is 36.6 Å². The normalized spacial score (nSPS) is 10.8. The first kappa shape index (κ1) is 16.9. The number of halogens is 1. The van der Waals surface area contributed by atoms with Crippen LogP contribution in [0.25, 0.3) is 10.9 Å². The fraction of sp³-hybridized carbons (Fsp3) is 0.500. The van der Waals surface area contributed by atoms with Crippen molar-refractivity contribution >= 4 is 23.3 Å². The molecule has 2 rings (SSSR count). The summed E-state index contributed by atoms with van der Waals surface area (Å²) in [6, 6.07) is 6.20. The van der Waals surface area contributed by atoms with Gasteiger partial charge in [0.25, 0.3) is 0 Å². The summed E-state index contributed by atoms with van der Waals surface area (Å²) in [6.07, 6.45) is 4.43. The molecule has 0 aliphatic rings. The molecule has 0 fully saturated rings. The lowest BCUT2D eigenvalue weighted by atomic mass is 10.1. The second kappa shape index (κ2) is 8.18. The Balaban J connectivity index is 0.00000200. The first-order valence-corrected chi connectivity index (χ1v) is 7.14. The minimum Gasteiger partial charge on any atom is -0.497 e. The highest BCUT2D eigenvalue weighted by atomic mass is 35.5. The number of aromatic nitrogens is 1. The van der Waals surface area contributed by atoms with Gasteiger partial charge in [-0.3, -0.25) is 0 Å². The van der Waals surface area contributed by atoms with E-state index in [2.05, 4.69) is 42.1 Å². The fourth-order valence-corrected chi connectivity index (χ4v) is 2.51. The molecule has 3 nitrogen and oxygen atoms in total. The molecule has 0 aliphatic heterocycles. The molecule has 1 N–H and O–H groups in total. The van der Waals surface area contributed by atoms with Gasteiger partial charge in [-0.05, 0) is 49.7 Å². The van der Waals surface area contributed by atoms with Crippen molar-refractivity contribution in [3.05, 3.63) is 30.0 Å². The zero-order valence-electron chi connectivity index (χ0n) is 12.6. The van der Waals surface area contributed by atoms with E-state index >= 15 is 0 Å². The summed E-state index contributed by atoms with van der Waals surface area (Å²) in [5, 5.41) is 1.28. The van der Waals surface area contributed by atoms with Crippen molar-refractivity contribution in [2.45, 2.75) is 26.7 Å². The first-order chi connectivity index (χ1) is 9.28. The van der Waals surface area contributed by atoms with E-state index in [1.807, 2.05) is 6.07 Å². The van der Waals surface area contributed by atoms with Gasteiger partial charge in [0.05, 0.1) is 7.11 Å². The van der Waals surface area contributed by atoms with E-state index in [1.54, 1.807) is 7.11 Å². The van der Waals surface area contributed by atoms with Crippen molar-refractivity contribution in [2.24, 2.45) is 0 Å². The first-order valence-electron chi connectivity index (χ1n) is 7.14. The van der Waals surface area contributed by atoms with Gasteiger partial charge in [-0.15, -0.1) is 12.4 Å². The molecule has 4 heteroatoms. The molecule has 0 radical (unpaired) electrons. The zero-order chi connectivity index (χ0) is 13.7. The van der Waals surface area contributed by atoms with Crippen molar-refractivity contribution in [1.82, 2.24) is 9.88 Å². The summed E-state index contributed by atoms with van der Waals surface area (Å²) < 4.78 is 5.31. The predicted molar refractivity (Wildman–Crippen MR) is 88.2 cm³/mol. The Morgan fingerprint density at radius 2 is 2.00 bits per heavy atom. The van der Waals surface area contributed by atoms with Gasteiger partial charge in [0.1, 0.15) is 5.75 Å². The number of ether oxygens (including phenoxy) is 1. The van der Waals surface area contributed by atoms with Crippen molar-refractivity contribution in [3.63, 3.8) is 0 Å². The largest absolute Gasteiger partial charge is 0.497 e. The predicted octanol–water partition coefficient (Wildman–Crippen LogP) is 3.87. The molecule has 1 aromatic heterocycles. The van der Waals surface area contributed by atoms with E-state index in [0.29, 0.717) is 0 Å². The number of hydrogen-bond donors (Lipinski definition) is 1.